The molecule has 0 saturated carbocycles. The number of hydrogen-bond acceptors (Lipinski definition) is 4. The number of carboxylic acids is 1. The highest BCUT2D eigenvalue weighted by molar-refractivity contribution is 8.00. The molecule has 4 nitrogen and oxygen atoms in total. The fourth-order valence-electron chi connectivity index (χ4n) is 1.10. The molecule has 0 fully saturated rings. The van der Waals surface area contributed by atoms with Crippen molar-refractivity contribution in [2.24, 2.45) is 0 Å². The van der Waals surface area contributed by atoms with Crippen LogP contribution in [0.5, 0.6) is 0 Å². The van der Waals surface area contributed by atoms with E-state index in [-0.39, 0.29) is 12.0 Å². The number of benzene rings is 1. The Kier molecular flexibility index (Phi) is 4.38. The molecule has 5 heteroatoms. The van der Waals surface area contributed by atoms with Crippen molar-refractivity contribution in [2.75, 3.05) is 0 Å². The lowest BCUT2D eigenvalue weighted by atomic mass is 10.2. The second-order valence-electron chi connectivity index (χ2n) is 2.90. The largest absolute Gasteiger partial charge is 0.478 e. The van der Waals surface area contributed by atoms with Crippen molar-refractivity contribution in [3.63, 3.8) is 0 Å². The van der Waals surface area contributed by atoms with Crippen molar-refractivity contribution in [2.45, 2.75) is 16.6 Å². The van der Waals surface area contributed by atoms with Gasteiger partial charge in [-0.25, -0.2) is 4.79 Å². The highest BCUT2D eigenvalue weighted by Gasteiger charge is 2.14. The van der Waals surface area contributed by atoms with Crippen molar-refractivity contribution >= 4 is 17.7 Å². The van der Waals surface area contributed by atoms with Gasteiger partial charge < -0.3 is 5.11 Å². The fraction of sp³-hybridized carbons (Fsp3) is 0.182. The van der Waals surface area contributed by atoms with E-state index in [0.717, 1.165) is 11.8 Å². The van der Waals surface area contributed by atoms with E-state index < -0.39 is 11.2 Å². The van der Waals surface area contributed by atoms with Crippen LogP contribution >= 0.6 is 11.8 Å². The number of hydrogen-bond donors (Lipinski definition) is 1. The first kappa shape index (κ1) is 12.1. The van der Waals surface area contributed by atoms with Gasteiger partial charge in [0.1, 0.15) is 5.25 Å². The van der Waals surface area contributed by atoms with Crippen molar-refractivity contribution in [3.05, 3.63) is 29.8 Å². The molecule has 1 rings (SSSR count). The summed E-state index contributed by atoms with van der Waals surface area (Å²) in [7, 11) is 0. The minimum Gasteiger partial charge on any atom is -0.478 e. The molecule has 0 aliphatic rings. The molecule has 0 heterocycles. The summed E-state index contributed by atoms with van der Waals surface area (Å²) < 4.78 is 0. The van der Waals surface area contributed by atoms with Crippen LogP contribution < -0.4 is 0 Å². The van der Waals surface area contributed by atoms with Gasteiger partial charge in [-0.1, -0.05) is 12.1 Å². The number of nitriles is 2. The molecule has 0 bridgehead atoms. The van der Waals surface area contributed by atoms with E-state index in [1.807, 2.05) is 12.1 Å². The molecule has 1 unspecified atom stereocenters. The van der Waals surface area contributed by atoms with Gasteiger partial charge in [-0.3, -0.25) is 0 Å². The zero-order valence-electron chi connectivity index (χ0n) is 8.25. The van der Waals surface area contributed by atoms with Gasteiger partial charge in [-0.05, 0) is 12.1 Å². The Hall–Kier alpha value is -1.98. The van der Waals surface area contributed by atoms with Gasteiger partial charge in [0.15, 0.2) is 0 Å². The van der Waals surface area contributed by atoms with Crippen LogP contribution in [0.15, 0.2) is 29.2 Å². The van der Waals surface area contributed by atoms with E-state index in [1.165, 1.54) is 6.07 Å². The Labute approximate surface area is 97.1 Å². The molecule has 0 radical (unpaired) electrons. The van der Waals surface area contributed by atoms with Crippen LogP contribution in [-0.4, -0.2) is 16.3 Å². The number of aromatic carboxylic acids is 1. The van der Waals surface area contributed by atoms with Crippen LogP contribution in [0.1, 0.15) is 16.8 Å². The van der Waals surface area contributed by atoms with Crippen molar-refractivity contribution in [1.82, 2.24) is 0 Å². The summed E-state index contributed by atoms with van der Waals surface area (Å²) in [6.45, 7) is 0. The fourth-order valence-corrected chi connectivity index (χ4v) is 2.05. The summed E-state index contributed by atoms with van der Waals surface area (Å²) >= 11 is 1.10. The summed E-state index contributed by atoms with van der Waals surface area (Å²) in [5, 5.41) is 25.7. The number of carboxylic acid groups (broad SMARTS) is 1. The smallest absolute Gasteiger partial charge is 0.336 e. The third kappa shape index (κ3) is 3.01. The van der Waals surface area contributed by atoms with Crippen molar-refractivity contribution < 1.29 is 9.90 Å². The summed E-state index contributed by atoms with van der Waals surface area (Å²) in [5.41, 5.74) is 0.158. The maximum Gasteiger partial charge on any atom is 0.336 e. The van der Waals surface area contributed by atoms with Gasteiger partial charge >= 0.3 is 5.97 Å². The first-order valence-corrected chi connectivity index (χ1v) is 5.32. The molecule has 80 valence electrons. The Morgan fingerprint density at radius 2 is 2.12 bits per heavy atom. The Morgan fingerprint density at radius 3 is 2.69 bits per heavy atom. The van der Waals surface area contributed by atoms with E-state index in [0.29, 0.717) is 4.90 Å². The number of nitrogens with zero attached hydrogens (tertiary/aromatic N) is 2. The van der Waals surface area contributed by atoms with Crippen LogP contribution in [0, 0.1) is 22.7 Å². The van der Waals surface area contributed by atoms with E-state index >= 15 is 0 Å². The van der Waals surface area contributed by atoms with Gasteiger partial charge in [-0.2, -0.15) is 10.5 Å². The second-order valence-corrected chi connectivity index (χ2v) is 4.14. The third-order valence-corrected chi connectivity index (χ3v) is 2.97. The topological polar surface area (TPSA) is 84.9 Å². The quantitative estimate of drug-likeness (QED) is 0.805. The number of thioether (sulfide) groups is 1. The highest BCUT2D eigenvalue weighted by atomic mass is 32.2. The van der Waals surface area contributed by atoms with Gasteiger partial charge in [0.05, 0.1) is 24.1 Å². The molecule has 1 aromatic rings. The minimum absolute atomic E-state index is 0.0785. The van der Waals surface area contributed by atoms with Crippen LogP contribution in [0.2, 0.25) is 0 Å². The third-order valence-electron chi connectivity index (χ3n) is 1.81. The minimum atomic E-state index is -1.03. The molecule has 1 N–H and O–H groups in total. The normalized spacial score (nSPS) is 11.1. The first-order valence-electron chi connectivity index (χ1n) is 4.44. The molecule has 16 heavy (non-hydrogen) atoms. The Balaban J connectivity index is 2.93. The van der Waals surface area contributed by atoms with Gasteiger partial charge in [0.2, 0.25) is 0 Å². The molecule has 0 spiro atoms. The number of rotatable bonds is 4. The first-order chi connectivity index (χ1) is 7.69. The van der Waals surface area contributed by atoms with Gasteiger partial charge in [0.25, 0.3) is 0 Å². The zero-order valence-corrected chi connectivity index (χ0v) is 9.07. The van der Waals surface area contributed by atoms with E-state index in [1.54, 1.807) is 18.2 Å². The molecule has 1 aromatic carbocycles. The maximum atomic E-state index is 10.9. The van der Waals surface area contributed by atoms with Gasteiger partial charge in [-0.15, -0.1) is 11.8 Å². The van der Waals surface area contributed by atoms with Gasteiger partial charge in [0, 0.05) is 4.90 Å². The lowest BCUT2D eigenvalue weighted by Crippen LogP contribution is -2.02. The van der Waals surface area contributed by atoms with E-state index in [9.17, 15) is 4.79 Å². The van der Waals surface area contributed by atoms with Crippen LogP contribution in [-0.2, 0) is 0 Å². The lowest BCUT2D eigenvalue weighted by Gasteiger charge is -2.07. The average molecular weight is 232 g/mol. The maximum absolute atomic E-state index is 10.9. The van der Waals surface area contributed by atoms with Crippen LogP contribution in [0.25, 0.3) is 0 Å². The summed E-state index contributed by atoms with van der Waals surface area (Å²) in [6, 6.07) is 10.3. The predicted octanol–water partition coefficient (Wildman–Crippen LogP) is 2.28. The summed E-state index contributed by atoms with van der Waals surface area (Å²) in [4.78, 5) is 11.4. The van der Waals surface area contributed by atoms with Crippen molar-refractivity contribution in [1.29, 1.82) is 10.5 Å². The monoisotopic (exact) mass is 232 g/mol. The Morgan fingerprint density at radius 1 is 1.44 bits per heavy atom. The SMILES string of the molecule is N#CCC(C#N)Sc1ccccc1C(=O)O. The molecule has 0 aliphatic carbocycles. The molecule has 1 atom stereocenters. The molecular formula is C11H8N2O2S. The van der Waals surface area contributed by atoms with E-state index in [4.69, 9.17) is 15.6 Å². The van der Waals surface area contributed by atoms with E-state index in [2.05, 4.69) is 0 Å². The Bertz CT molecular complexity index is 474. The highest BCUT2D eigenvalue weighted by Crippen LogP contribution is 2.28. The van der Waals surface area contributed by atoms with Crippen LogP contribution in [0.3, 0.4) is 0 Å². The molecule has 0 amide bonds. The average Bonchev–Trinajstić information content (AvgIpc) is 2.29. The standard InChI is InChI=1S/C11H8N2O2S/c12-6-5-8(7-13)16-10-4-2-1-3-9(10)11(14)15/h1-4,8H,5H2,(H,14,15). The second kappa shape index (κ2) is 5.79. The zero-order chi connectivity index (χ0) is 12.0. The molecule has 0 saturated heterocycles. The molecule has 0 aromatic heterocycles. The summed E-state index contributed by atoms with van der Waals surface area (Å²) in [6.07, 6.45) is 0.0785. The summed E-state index contributed by atoms with van der Waals surface area (Å²) in [5.74, 6) is -1.03. The lowest BCUT2D eigenvalue weighted by molar-refractivity contribution is 0.0693. The van der Waals surface area contributed by atoms with Crippen molar-refractivity contribution in [3.8, 4) is 12.1 Å². The number of carbonyl (C=O) groups is 1. The predicted molar refractivity (Wildman–Crippen MR) is 58.9 cm³/mol. The molecular weight excluding hydrogens is 224 g/mol. The molecule has 0 aliphatic heterocycles. The van der Waals surface area contributed by atoms with Crippen LogP contribution in [0.4, 0.5) is 0 Å².